The minimum absolute atomic E-state index is 0.559. The lowest BCUT2D eigenvalue weighted by atomic mass is 9.88. The number of hydrogen-bond acceptors (Lipinski definition) is 4. The zero-order valence-corrected chi connectivity index (χ0v) is 27.2. The summed E-state index contributed by atoms with van der Waals surface area (Å²) < 4.78 is 6.28. The van der Waals surface area contributed by atoms with Crippen LogP contribution in [0.4, 0.5) is 0 Å². The lowest BCUT2D eigenvalue weighted by Crippen LogP contribution is -2.06. The first-order chi connectivity index (χ1) is 24.8. The lowest BCUT2D eigenvalue weighted by molar-refractivity contribution is 0.302. The van der Waals surface area contributed by atoms with Gasteiger partial charge in [-0.1, -0.05) is 146 Å². The van der Waals surface area contributed by atoms with Gasteiger partial charge in [-0.2, -0.15) is 0 Å². The molecular formula is C46H31N3O. The lowest BCUT2D eigenvalue weighted by Gasteiger charge is -2.24. The first kappa shape index (κ1) is 29.5. The molecule has 7 aromatic carbocycles. The molecular weight excluding hydrogens is 611 g/mol. The van der Waals surface area contributed by atoms with Crippen molar-refractivity contribution in [2.45, 2.75) is 6.61 Å². The highest BCUT2D eigenvalue weighted by molar-refractivity contribution is 5.92. The van der Waals surface area contributed by atoms with Gasteiger partial charge in [0.25, 0.3) is 0 Å². The Bertz CT molecular complexity index is 2480. The Hall–Kier alpha value is -6.65. The van der Waals surface area contributed by atoms with Crippen LogP contribution in [0.1, 0.15) is 5.56 Å². The molecule has 0 radical (unpaired) electrons. The Labute approximate surface area is 291 Å². The summed E-state index contributed by atoms with van der Waals surface area (Å²) >= 11 is 0. The minimum atomic E-state index is 0.559. The standard InChI is InChI=1S/C46H31N3O/c1-4-14-31(15-5-1)34-21-12-22-35(26-34)45-47-44(33-18-8-3-9-19-33)48-46(49-45)39-28-37(32-16-6-2-7-17-32)27-38(29-39)41-24-13-25-42-43(41)40-23-11-10-20-36(40)30-50-42/h1-29H,30H2. The number of benzene rings is 7. The largest absolute Gasteiger partial charge is 0.488 e. The van der Waals surface area contributed by atoms with Crippen LogP contribution >= 0.6 is 0 Å². The van der Waals surface area contributed by atoms with E-state index in [2.05, 4.69) is 133 Å². The van der Waals surface area contributed by atoms with Gasteiger partial charge < -0.3 is 4.74 Å². The maximum atomic E-state index is 6.28. The average Bonchev–Trinajstić information content (AvgIpc) is 3.21. The molecule has 0 atom stereocenters. The van der Waals surface area contributed by atoms with E-state index in [1.54, 1.807) is 0 Å². The minimum Gasteiger partial charge on any atom is -0.488 e. The number of nitrogens with zero attached hydrogens (tertiary/aromatic N) is 3. The monoisotopic (exact) mass is 641 g/mol. The Morgan fingerprint density at radius 2 is 0.820 bits per heavy atom. The Morgan fingerprint density at radius 3 is 1.56 bits per heavy atom. The van der Waals surface area contributed by atoms with Crippen LogP contribution in [0.5, 0.6) is 5.75 Å². The highest BCUT2D eigenvalue weighted by Gasteiger charge is 2.22. The van der Waals surface area contributed by atoms with Gasteiger partial charge in [0.15, 0.2) is 17.5 Å². The SMILES string of the molecule is c1ccc(-c2cccc(-c3nc(-c4ccccc4)nc(-c4cc(-c5ccccc5)cc(-c5cccc6c5-c5ccccc5CO6)c4)n3)c2)cc1. The molecule has 1 aromatic heterocycles. The molecule has 0 saturated heterocycles. The van der Waals surface area contributed by atoms with Crippen molar-refractivity contribution in [3.05, 3.63) is 181 Å². The first-order valence-electron chi connectivity index (χ1n) is 16.8. The summed E-state index contributed by atoms with van der Waals surface area (Å²) in [6.45, 7) is 0.559. The fraction of sp³-hybridized carbons (Fsp3) is 0.0217. The number of fused-ring (bicyclic) bond motifs is 3. The normalized spacial score (nSPS) is 11.7. The van der Waals surface area contributed by atoms with Crippen LogP contribution in [0.3, 0.4) is 0 Å². The van der Waals surface area contributed by atoms with Gasteiger partial charge in [0.2, 0.25) is 0 Å². The van der Waals surface area contributed by atoms with E-state index in [1.807, 2.05) is 42.5 Å². The van der Waals surface area contributed by atoms with E-state index in [0.717, 1.165) is 61.4 Å². The van der Waals surface area contributed by atoms with Crippen LogP contribution in [0.25, 0.3) is 78.7 Å². The van der Waals surface area contributed by atoms with Gasteiger partial charge >= 0.3 is 0 Å². The summed E-state index contributed by atoms with van der Waals surface area (Å²) in [5, 5.41) is 0. The summed E-state index contributed by atoms with van der Waals surface area (Å²) in [6.07, 6.45) is 0. The second-order valence-electron chi connectivity index (χ2n) is 12.4. The van der Waals surface area contributed by atoms with E-state index in [1.165, 1.54) is 11.1 Å². The van der Waals surface area contributed by atoms with Crippen molar-refractivity contribution in [3.8, 4) is 84.4 Å². The molecule has 1 aliphatic rings. The zero-order chi connectivity index (χ0) is 33.3. The molecule has 4 heteroatoms. The third-order valence-corrected chi connectivity index (χ3v) is 9.20. The molecule has 2 heterocycles. The van der Waals surface area contributed by atoms with Crippen molar-refractivity contribution in [1.29, 1.82) is 0 Å². The van der Waals surface area contributed by atoms with E-state index >= 15 is 0 Å². The van der Waals surface area contributed by atoms with Crippen molar-refractivity contribution in [2.24, 2.45) is 0 Å². The molecule has 0 saturated carbocycles. The van der Waals surface area contributed by atoms with Crippen molar-refractivity contribution in [1.82, 2.24) is 15.0 Å². The van der Waals surface area contributed by atoms with Crippen LogP contribution in [0.15, 0.2) is 176 Å². The van der Waals surface area contributed by atoms with Crippen molar-refractivity contribution >= 4 is 0 Å². The molecule has 0 unspecified atom stereocenters. The number of ether oxygens (including phenoxy) is 1. The van der Waals surface area contributed by atoms with Gasteiger partial charge in [-0.25, -0.2) is 15.0 Å². The molecule has 0 N–H and O–H groups in total. The van der Waals surface area contributed by atoms with Crippen molar-refractivity contribution in [3.63, 3.8) is 0 Å². The Kier molecular flexibility index (Phi) is 7.52. The average molecular weight is 642 g/mol. The van der Waals surface area contributed by atoms with Crippen LogP contribution in [0.2, 0.25) is 0 Å². The fourth-order valence-electron chi connectivity index (χ4n) is 6.74. The predicted molar refractivity (Wildman–Crippen MR) is 202 cm³/mol. The van der Waals surface area contributed by atoms with Gasteiger partial charge in [-0.05, 0) is 74.8 Å². The maximum Gasteiger partial charge on any atom is 0.164 e. The second-order valence-corrected chi connectivity index (χ2v) is 12.4. The molecule has 0 fully saturated rings. The van der Waals surface area contributed by atoms with Gasteiger partial charge in [0.1, 0.15) is 12.4 Å². The predicted octanol–water partition coefficient (Wildman–Crippen LogP) is 11.4. The second kappa shape index (κ2) is 12.8. The van der Waals surface area contributed by atoms with Gasteiger partial charge in [-0.15, -0.1) is 0 Å². The van der Waals surface area contributed by atoms with E-state index < -0.39 is 0 Å². The third-order valence-electron chi connectivity index (χ3n) is 9.20. The van der Waals surface area contributed by atoms with E-state index in [4.69, 9.17) is 19.7 Å². The maximum absolute atomic E-state index is 6.28. The molecule has 8 aromatic rings. The molecule has 0 aliphatic carbocycles. The third kappa shape index (κ3) is 5.63. The van der Waals surface area contributed by atoms with Gasteiger partial charge in [-0.3, -0.25) is 0 Å². The molecule has 0 spiro atoms. The molecule has 50 heavy (non-hydrogen) atoms. The summed E-state index contributed by atoms with van der Waals surface area (Å²) in [6, 6.07) is 60.9. The number of rotatable bonds is 6. The van der Waals surface area contributed by atoms with E-state index in [-0.39, 0.29) is 0 Å². The summed E-state index contributed by atoms with van der Waals surface area (Å²) in [4.78, 5) is 15.3. The summed E-state index contributed by atoms with van der Waals surface area (Å²) in [7, 11) is 0. The van der Waals surface area contributed by atoms with Crippen LogP contribution in [-0.4, -0.2) is 15.0 Å². The fourth-order valence-corrected chi connectivity index (χ4v) is 6.74. The summed E-state index contributed by atoms with van der Waals surface area (Å²) in [5.41, 5.74) is 12.9. The molecule has 4 nitrogen and oxygen atoms in total. The Morgan fingerprint density at radius 1 is 0.340 bits per heavy atom. The highest BCUT2D eigenvalue weighted by atomic mass is 16.5. The van der Waals surface area contributed by atoms with Gasteiger partial charge in [0, 0.05) is 22.3 Å². The number of hydrogen-bond donors (Lipinski definition) is 0. The smallest absolute Gasteiger partial charge is 0.164 e. The van der Waals surface area contributed by atoms with Crippen LogP contribution < -0.4 is 4.74 Å². The van der Waals surface area contributed by atoms with Crippen molar-refractivity contribution in [2.75, 3.05) is 0 Å². The molecule has 0 amide bonds. The van der Waals surface area contributed by atoms with Crippen molar-refractivity contribution < 1.29 is 4.74 Å². The summed E-state index contributed by atoms with van der Waals surface area (Å²) in [5.74, 6) is 2.75. The van der Waals surface area contributed by atoms with Gasteiger partial charge in [0.05, 0.1) is 0 Å². The quantitative estimate of drug-likeness (QED) is 0.181. The first-order valence-corrected chi connectivity index (χ1v) is 16.8. The highest BCUT2D eigenvalue weighted by Crippen LogP contribution is 2.45. The Balaban J connectivity index is 1.26. The number of aromatic nitrogens is 3. The van der Waals surface area contributed by atoms with Crippen LogP contribution in [-0.2, 0) is 6.61 Å². The van der Waals surface area contributed by atoms with E-state index in [0.29, 0.717) is 24.1 Å². The molecule has 9 rings (SSSR count). The molecule has 1 aliphatic heterocycles. The molecule has 236 valence electrons. The topological polar surface area (TPSA) is 47.9 Å². The molecule has 0 bridgehead atoms. The zero-order valence-electron chi connectivity index (χ0n) is 27.2. The van der Waals surface area contributed by atoms with Crippen LogP contribution in [0, 0.1) is 0 Å². The van der Waals surface area contributed by atoms with E-state index in [9.17, 15) is 0 Å².